The first-order chi connectivity index (χ1) is 11.7. The van der Waals surface area contributed by atoms with Gasteiger partial charge in [-0.15, -0.1) is 13.2 Å². The Morgan fingerprint density at radius 2 is 1.76 bits per heavy atom. The van der Waals surface area contributed by atoms with Crippen LogP contribution in [0, 0.1) is 5.41 Å². The predicted octanol–water partition coefficient (Wildman–Crippen LogP) is 2.94. The molecule has 1 N–H and O–H groups in total. The van der Waals surface area contributed by atoms with Crippen LogP contribution in [-0.4, -0.2) is 34.7 Å². The summed E-state index contributed by atoms with van der Waals surface area (Å²) in [5.41, 5.74) is -0.302. The first-order valence-electron chi connectivity index (χ1n) is 8.09. The normalized spacial score (nSPS) is 21.2. The zero-order valence-electron chi connectivity index (χ0n) is 13.4. The lowest BCUT2D eigenvalue weighted by Crippen LogP contribution is -2.37. The predicted molar refractivity (Wildman–Crippen MR) is 80.3 cm³/mol. The molecule has 2 fully saturated rings. The summed E-state index contributed by atoms with van der Waals surface area (Å²) in [4.78, 5) is 25.8. The van der Waals surface area contributed by atoms with Crippen molar-refractivity contribution in [3.63, 3.8) is 0 Å². The number of β-amino-alcohol motifs (C(OH)–C–C–N with tert-alkyl or cyclic N) is 1. The third-order valence-corrected chi connectivity index (χ3v) is 4.90. The summed E-state index contributed by atoms with van der Waals surface area (Å²) in [5, 5.41) is 10.3. The molecule has 5 nitrogen and oxygen atoms in total. The molecule has 1 spiro atoms. The minimum Gasteiger partial charge on any atom is -0.406 e. The second-order valence-electron chi connectivity index (χ2n) is 6.61. The van der Waals surface area contributed by atoms with Crippen molar-refractivity contribution in [3.05, 3.63) is 29.8 Å². The fraction of sp³-hybridized carbons (Fsp3) is 0.529. The zero-order valence-corrected chi connectivity index (χ0v) is 13.4. The van der Waals surface area contributed by atoms with Crippen molar-refractivity contribution in [1.82, 2.24) is 4.90 Å². The summed E-state index contributed by atoms with van der Waals surface area (Å²) < 4.78 is 40.2. The second-order valence-corrected chi connectivity index (χ2v) is 6.61. The number of aliphatic hydroxyl groups is 1. The van der Waals surface area contributed by atoms with Gasteiger partial charge < -0.3 is 9.84 Å². The van der Waals surface area contributed by atoms with E-state index in [-0.39, 0.29) is 24.8 Å². The molecule has 1 aromatic carbocycles. The molecule has 0 aromatic heterocycles. The summed E-state index contributed by atoms with van der Waals surface area (Å²) in [6, 6.07) is 4.72. The van der Waals surface area contributed by atoms with Crippen LogP contribution in [0.4, 0.5) is 13.2 Å². The van der Waals surface area contributed by atoms with E-state index in [1.54, 1.807) is 0 Å². The minimum absolute atomic E-state index is 0.177. The Morgan fingerprint density at radius 1 is 1.16 bits per heavy atom. The lowest BCUT2D eigenvalue weighted by molar-refractivity contribution is -0.274. The van der Waals surface area contributed by atoms with Gasteiger partial charge in [0.05, 0.1) is 18.1 Å². The first kappa shape index (κ1) is 17.7. The third-order valence-electron chi connectivity index (χ3n) is 4.90. The van der Waals surface area contributed by atoms with Crippen molar-refractivity contribution in [2.75, 3.05) is 6.54 Å². The number of benzene rings is 1. The topological polar surface area (TPSA) is 66.8 Å². The Balaban J connectivity index is 1.67. The summed E-state index contributed by atoms with van der Waals surface area (Å²) in [6.45, 7) is -0.196. The number of nitrogens with zero attached hydrogens (tertiary/aromatic N) is 1. The lowest BCUT2D eigenvalue weighted by Gasteiger charge is -2.23. The van der Waals surface area contributed by atoms with Crippen molar-refractivity contribution in [2.24, 2.45) is 5.41 Å². The van der Waals surface area contributed by atoms with Gasteiger partial charge in [0, 0.05) is 6.42 Å². The fourth-order valence-corrected chi connectivity index (χ4v) is 3.66. The number of hydrogen-bond donors (Lipinski definition) is 1. The van der Waals surface area contributed by atoms with E-state index in [2.05, 4.69) is 4.74 Å². The summed E-state index contributed by atoms with van der Waals surface area (Å²) in [5.74, 6) is -0.948. The molecule has 8 heteroatoms. The van der Waals surface area contributed by atoms with Crippen LogP contribution < -0.4 is 4.74 Å². The highest BCUT2D eigenvalue weighted by molar-refractivity contribution is 6.06. The van der Waals surface area contributed by atoms with Gasteiger partial charge in [-0.1, -0.05) is 25.0 Å². The number of alkyl halides is 3. The number of imide groups is 1. The standard InChI is InChI=1S/C17H18F3NO4/c18-17(19,20)25-12-5-3-11(4-6-12)13(22)10-21-14(23)9-16(15(21)24)7-1-2-8-16/h3-6,13,22H,1-2,7-10H2. The van der Waals surface area contributed by atoms with Gasteiger partial charge in [0.1, 0.15) is 5.75 Å². The van der Waals surface area contributed by atoms with Crippen molar-refractivity contribution in [3.8, 4) is 5.75 Å². The molecule has 1 unspecified atom stereocenters. The summed E-state index contributed by atoms with van der Waals surface area (Å²) >= 11 is 0. The molecular formula is C17H18F3NO4. The van der Waals surface area contributed by atoms with Crippen molar-refractivity contribution < 1.29 is 32.6 Å². The second kappa shape index (κ2) is 6.33. The molecule has 1 heterocycles. The van der Waals surface area contributed by atoms with E-state index in [0.29, 0.717) is 18.4 Å². The molecule has 0 bridgehead atoms. The van der Waals surface area contributed by atoms with Gasteiger partial charge in [0.2, 0.25) is 11.8 Å². The van der Waals surface area contributed by atoms with E-state index in [9.17, 15) is 27.9 Å². The molecule has 136 valence electrons. The minimum atomic E-state index is -4.79. The van der Waals surface area contributed by atoms with Crippen LogP contribution in [0.5, 0.6) is 5.75 Å². The van der Waals surface area contributed by atoms with Gasteiger partial charge >= 0.3 is 6.36 Å². The van der Waals surface area contributed by atoms with Crippen LogP contribution in [0.3, 0.4) is 0 Å². The molecule has 1 saturated carbocycles. The fourth-order valence-electron chi connectivity index (χ4n) is 3.66. The van der Waals surface area contributed by atoms with E-state index in [0.717, 1.165) is 29.9 Å². The van der Waals surface area contributed by atoms with Crippen molar-refractivity contribution >= 4 is 11.8 Å². The van der Waals surface area contributed by atoms with E-state index in [4.69, 9.17) is 0 Å². The molecule has 2 amide bonds. The quantitative estimate of drug-likeness (QED) is 0.842. The van der Waals surface area contributed by atoms with E-state index in [1.807, 2.05) is 0 Å². The Morgan fingerprint density at radius 3 is 2.32 bits per heavy atom. The number of aliphatic hydroxyl groups excluding tert-OH is 1. The van der Waals surface area contributed by atoms with Gasteiger partial charge in [0.25, 0.3) is 0 Å². The Hall–Kier alpha value is -2.09. The van der Waals surface area contributed by atoms with Crippen molar-refractivity contribution in [2.45, 2.75) is 44.6 Å². The molecule has 2 aliphatic rings. The highest BCUT2D eigenvalue weighted by Gasteiger charge is 2.52. The maximum Gasteiger partial charge on any atom is 0.573 e. The highest BCUT2D eigenvalue weighted by Crippen LogP contribution is 2.47. The maximum absolute atomic E-state index is 12.6. The molecule has 1 aromatic rings. The Kier molecular flexibility index (Phi) is 4.49. The van der Waals surface area contributed by atoms with Crippen LogP contribution in [0.25, 0.3) is 0 Å². The van der Waals surface area contributed by atoms with E-state index < -0.39 is 23.6 Å². The largest absolute Gasteiger partial charge is 0.573 e. The molecule has 1 atom stereocenters. The third kappa shape index (κ3) is 3.63. The van der Waals surface area contributed by atoms with Gasteiger partial charge in [0.15, 0.2) is 0 Å². The van der Waals surface area contributed by atoms with E-state index in [1.165, 1.54) is 12.1 Å². The lowest BCUT2D eigenvalue weighted by atomic mass is 9.84. The molecular weight excluding hydrogens is 339 g/mol. The molecule has 0 radical (unpaired) electrons. The number of carbonyl (C=O) groups excluding carboxylic acids is 2. The van der Waals surface area contributed by atoms with Crippen LogP contribution in [0.2, 0.25) is 0 Å². The van der Waals surface area contributed by atoms with Crippen molar-refractivity contribution in [1.29, 1.82) is 0 Å². The molecule has 25 heavy (non-hydrogen) atoms. The molecule has 1 aliphatic heterocycles. The van der Waals surface area contributed by atoms with Crippen LogP contribution in [-0.2, 0) is 9.59 Å². The molecule has 3 rings (SSSR count). The zero-order chi connectivity index (χ0) is 18.2. The maximum atomic E-state index is 12.6. The SMILES string of the molecule is O=C1CC2(CCCC2)C(=O)N1CC(O)c1ccc(OC(F)(F)F)cc1. The van der Waals surface area contributed by atoms with Gasteiger partial charge in [-0.25, -0.2) is 0 Å². The number of ether oxygens (including phenoxy) is 1. The smallest absolute Gasteiger partial charge is 0.406 e. The summed E-state index contributed by atoms with van der Waals surface area (Å²) in [6.07, 6.45) is -2.57. The van der Waals surface area contributed by atoms with Gasteiger partial charge in [-0.3, -0.25) is 14.5 Å². The highest BCUT2D eigenvalue weighted by atomic mass is 19.4. The number of rotatable bonds is 4. The average Bonchev–Trinajstić information content (AvgIpc) is 3.08. The number of likely N-dealkylation sites (tertiary alicyclic amines) is 1. The monoisotopic (exact) mass is 357 g/mol. The van der Waals surface area contributed by atoms with Crippen LogP contribution in [0.15, 0.2) is 24.3 Å². The molecule has 1 aliphatic carbocycles. The van der Waals surface area contributed by atoms with Gasteiger partial charge in [-0.05, 0) is 30.5 Å². The Bertz CT molecular complexity index is 665. The number of hydrogen-bond acceptors (Lipinski definition) is 4. The van der Waals surface area contributed by atoms with Crippen LogP contribution in [0.1, 0.15) is 43.8 Å². The van der Waals surface area contributed by atoms with Crippen LogP contribution >= 0.6 is 0 Å². The molecule has 1 saturated heterocycles. The number of amides is 2. The number of halogens is 3. The summed E-state index contributed by atoms with van der Waals surface area (Å²) in [7, 11) is 0. The first-order valence-corrected chi connectivity index (χ1v) is 8.09. The Labute approximate surface area is 142 Å². The average molecular weight is 357 g/mol. The number of carbonyl (C=O) groups is 2. The van der Waals surface area contributed by atoms with Gasteiger partial charge in [-0.2, -0.15) is 0 Å². The van der Waals surface area contributed by atoms with E-state index >= 15 is 0 Å².